The summed E-state index contributed by atoms with van der Waals surface area (Å²) in [4.78, 5) is 37.2. The molecule has 1 fully saturated rings. The second kappa shape index (κ2) is 7.26. The van der Waals surface area contributed by atoms with Gasteiger partial charge in [-0.3, -0.25) is 9.59 Å². The van der Waals surface area contributed by atoms with Crippen molar-refractivity contribution in [2.24, 2.45) is 0 Å². The van der Waals surface area contributed by atoms with Crippen LogP contribution in [0.1, 0.15) is 19.3 Å². The summed E-state index contributed by atoms with van der Waals surface area (Å²) in [7, 11) is 5.70. The Labute approximate surface area is 124 Å². The number of carboxylic acid groups (broad SMARTS) is 1. The monoisotopic (exact) mass is 300 g/mol. The number of aliphatic carboxylic acids is 1. The van der Waals surface area contributed by atoms with Gasteiger partial charge in [-0.15, -0.1) is 0 Å². The van der Waals surface area contributed by atoms with Crippen LogP contribution in [0.3, 0.4) is 0 Å². The number of hydrogen-bond donors (Lipinski definition) is 3. The minimum Gasteiger partial charge on any atom is -0.480 e. The van der Waals surface area contributed by atoms with Crippen molar-refractivity contribution in [3.63, 3.8) is 0 Å². The van der Waals surface area contributed by atoms with Crippen LogP contribution in [0.25, 0.3) is 0 Å². The molecule has 120 valence electrons. The average Bonchev–Trinajstić information content (AvgIpc) is 2.36. The third-order valence-electron chi connectivity index (χ3n) is 3.95. The van der Waals surface area contributed by atoms with Crippen molar-refractivity contribution in [2.45, 2.75) is 24.8 Å². The van der Waals surface area contributed by atoms with E-state index in [1.807, 2.05) is 14.1 Å². The topological polar surface area (TPSA) is 102 Å². The van der Waals surface area contributed by atoms with Crippen LogP contribution in [0.15, 0.2) is 0 Å². The molecular formula is C13H24N4O4. The maximum atomic E-state index is 11.9. The number of carbonyl (C=O) groups is 3. The molecule has 0 saturated heterocycles. The fraction of sp³-hybridized carbons (Fsp3) is 0.769. The number of nitrogens with one attached hydrogen (secondary N) is 2. The molecule has 0 aliphatic heterocycles. The second-order valence-electron chi connectivity index (χ2n) is 5.66. The molecule has 0 aromatic rings. The lowest BCUT2D eigenvalue weighted by Gasteiger charge is -2.49. The molecule has 0 aromatic heterocycles. The molecule has 0 unspecified atom stereocenters. The lowest BCUT2D eigenvalue weighted by atomic mass is 9.75. The molecule has 3 N–H and O–H groups in total. The van der Waals surface area contributed by atoms with Gasteiger partial charge in [0.2, 0.25) is 5.91 Å². The summed E-state index contributed by atoms with van der Waals surface area (Å²) in [5.74, 6) is -1.64. The van der Waals surface area contributed by atoms with Gasteiger partial charge < -0.3 is 25.5 Å². The van der Waals surface area contributed by atoms with Crippen LogP contribution in [-0.4, -0.2) is 79.1 Å². The molecule has 8 nitrogen and oxygen atoms in total. The Morgan fingerprint density at radius 3 is 2.14 bits per heavy atom. The van der Waals surface area contributed by atoms with E-state index in [-0.39, 0.29) is 18.1 Å². The molecule has 8 heteroatoms. The minimum atomic E-state index is -1.12. The van der Waals surface area contributed by atoms with Gasteiger partial charge >= 0.3 is 12.0 Å². The van der Waals surface area contributed by atoms with E-state index in [1.165, 1.54) is 0 Å². The van der Waals surface area contributed by atoms with Crippen LogP contribution in [-0.2, 0) is 9.59 Å². The van der Waals surface area contributed by atoms with E-state index in [4.69, 9.17) is 5.11 Å². The molecule has 1 aliphatic rings. The number of hydrogen-bond acceptors (Lipinski definition) is 4. The molecule has 21 heavy (non-hydrogen) atoms. The van der Waals surface area contributed by atoms with E-state index < -0.39 is 18.4 Å². The molecular weight excluding hydrogens is 276 g/mol. The summed E-state index contributed by atoms with van der Waals surface area (Å²) in [5.41, 5.74) is 0.0255. The predicted octanol–water partition coefficient (Wildman–Crippen LogP) is -0.687. The van der Waals surface area contributed by atoms with Gasteiger partial charge in [0.05, 0.1) is 6.54 Å². The number of rotatable bonds is 7. The number of likely N-dealkylation sites (N-methyl/N-ethyl adjacent to an activating group) is 2. The second-order valence-corrected chi connectivity index (χ2v) is 5.66. The van der Waals surface area contributed by atoms with Gasteiger partial charge in [0, 0.05) is 19.1 Å². The molecule has 1 rings (SSSR count). The molecule has 0 radical (unpaired) electrons. The fourth-order valence-corrected chi connectivity index (χ4v) is 2.37. The molecule has 0 aromatic carbocycles. The summed E-state index contributed by atoms with van der Waals surface area (Å²) in [5, 5.41) is 13.1. The van der Waals surface area contributed by atoms with Crippen LogP contribution >= 0.6 is 0 Å². The summed E-state index contributed by atoms with van der Waals surface area (Å²) >= 11 is 0. The van der Waals surface area contributed by atoms with Crippen molar-refractivity contribution in [2.75, 3.05) is 40.8 Å². The summed E-state index contributed by atoms with van der Waals surface area (Å²) in [6, 6.07) is -0.339. The van der Waals surface area contributed by atoms with Crippen molar-refractivity contribution < 1.29 is 19.5 Å². The first kappa shape index (κ1) is 17.2. The van der Waals surface area contributed by atoms with Gasteiger partial charge in [-0.25, -0.2) is 4.79 Å². The standard InChI is InChI=1S/C13H24N4O4/c1-16(2)13(5-4-6-13)9-17(3)12(21)15-7-10(18)14-8-11(19)20/h4-9H2,1-3H3,(H,14,18)(H,15,21)(H,19,20). The first-order valence-corrected chi connectivity index (χ1v) is 6.92. The molecule has 1 aliphatic carbocycles. The van der Waals surface area contributed by atoms with E-state index >= 15 is 0 Å². The molecule has 0 bridgehead atoms. The average molecular weight is 300 g/mol. The van der Waals surface area contributed by atoms with Gasteiger partial charge in [0.25, 0.3) is 0 Å². The fourth-order valence-electron chi connectivity index (χ4n) is 2.37. The number of nitrogens with zero attached hydrogens (tertiary/aromatic N) is 2. The molecule has 3 amide bonds. The van der Waals surface area contributed by atoms with E-state index in [9.17, 15) is 14.4 Å². The van der Waals surface area contributed by atoms with Crippen LogP contribution in [0.2, 0.25) is 0 Å². The molecule has 0 spiro atoms. The van der Waals surface area contributed by atoms with Crippen LogP contribution in [0.4, 0.5) is 4.79 Å². The van der Waals surface area contributed by atoms with Crippen molar-refractivity contribution >= 4 is 17.9 Å². The van der Waals surface area contributed by atoms with E-state index in [0.717, 1.165) is 19.3 Å². The smallest absolute Gasteiger partial charge is 0.322 e. The van der Waals surface area contributed by atoms with Crippen LogP contribution in [0.5, 0.6) is 0 Å². The van der Waals surface area contributed by atoms with Gasteiger partial charge in [-0.05, 0) is 33.4 Å². The summed E-state index contributed by atoms with van der Waals surface area (Å²) in [6.45, 7) is -0.0811. The molecule has 1 saturated carbocycles. The van der Waals surface area contributed by atoms with E-state index in [2.05, 4.69) is 15.5 Å². The van der Waals surface area contributed by atoms with Crippen molar-refractivity contribution in [3.8, 4) is 0 Å². The zero-order valence-electron chi connectivity index (χ0n) is 12.8. The van der Waals surface area contributed by atoms with Crippen molar-refractivity contribution in [3.05, 3.63) is 0 Å². The first-order valence-electron chi connectivity index (χ1n) is 6.92. The van der Waals surface area contributed by atoms with Gasteiger partial charge in [-0.1, -0.05) is 0 Å². The summed E-state index contributed by atoms with van der Waals surface area (Å²) in [6.07, 6.45) is 3.26. The predicted molar refractivity (Wildman–Crippen MR) is 76.9 cm³/mol. The van der Waals surface area contributed by atoms with E-state index in [0.29, 0.717) is 6.54 Å². The lowest BCUT2D eigenvalue weighted by molar-refractivity contribution is -0.137. The lowest BCUT2D eigenvalue weighted by Crippen LogP contribution is -2.58. The largest absolute Gasteiger partial charge is 0.480 e. The highest BCUT2D eigenvalue weighted by Crippen LogP contribution is 2.36. The van der Waals surface area contributed by atoms with Crippen molar-refractivity contribution in [1.82, 2.24) is 20.4 Å². The Morgan fingerprint density at radius 2 is 1.71 bits per heavy atom. The minimum absolute atomic E-state index is 0.0255. The highest BCUT2D eigenvalue weighted by molar-refractivity contribution is 5.86. The van der Waals surface area contributed by atoms with E-state index in [1.54, 1.807) is 11.9 Å². The van der Waals surface area contributed by atoms with Gasteiger partial charge in [0.1, 0.15) is 6.54 Å². The molecule has 0 atom stereocenters. The quantitative estimate of drug-likeness (QED) is 0.578. The number of carboxylic acids is 1. The maximum absolute atomic E-state index is 11.9. The summed E-state index contributed by atoms with van der Waals surface area (Å²) < 4.78 is 0. The maximum Gasteiger partial charge on any atom is 0.322 e. The Hall–Kier alpha value is -1.83. The number of carbonyl (C=O) groups excluding carboxylic acids is 2. The number of urea groups is 1. The highest BCUT2D eigenvalue weighted by atomic mass is 16.4. The third kappa shape index (κ3) is 4.89. The van der Waals surface area contributed by atoms with Gasteiger partial charge in [-0.2, -0.15) is 0 Å². The number of amides is 3. The van der Waals surface area contributed by atoms with Gasteiger partial charge in [0.15, 0.2) is 0 Å². The first-order chi connectivity index (χ1) is 9.77. The zero-order valence-corrected chi connectivity index (χ0v) is 12.8. The van der Waals surface area contributed by atoms with Crippen LogP contribution in [0, 0.1) is 0 Å². The zero-order chi connectivity index (χ0) is 16.0. The molecule has 0 heterocycles. The SMILES string of the molecule is CN(CC1(N(C)C)CCC1)C(=O)NCC(=O)NCC(=O)O. The third-order valence-corrected chi connectivity index (χ3v) is 3.95. The Morgan fingerprint density at radius 1 is 1.10 bits per heavy atom. The normalized spacial score (nSPS) is 16.0. The van der Waals surface area contributed by atoms with Crippen LogP contribution < -0.4 is 10.6 Å². The Kier molecular flexibility index (Phi) is 5.95. The highest BCUT2D eigenvalue weighted by Gasteiger charge is 2.40. The van der Waals surface area contributed by atoms with Crippen molar-refractivity contribution in [1.29, 1.82) is 0 Å². The Bertz CT molecular complexity index is 407. The Balaban J connectivity index is 2.34.